The Bertz CT molecular complexity index is 1380. The highest BCUT2D eigenvalue weighted by molar-refractivity contribution is 6.31. The predicted octanol–water partition coefficient (Wildman–Crippen LogP) is 0.00130. The molecule has 0 spiro atoms. The minimum Gasteiger partial charge on any atom is -0.507 e. The number of carbonyl (C=O) groups excluding carboxylic acids is 3. The lowest BCUT2D eigenvalue weighted by molar-refractivity contribution is -0.247. The number of fused-ring (bicyclic) bond motifs is 3. The number of aliphatic hydroxyl groups excluding tert-OH is 2. The quantitative estimate of drug-likeness (QED) is 0.235. The van der Waals surface area contributed by atoms with Crippen molar-refractivity contribution in [3.8, 4) is 17.2 Å². The van der Waals surface area contributed by atoms with Gasteiger partial charge >= 0.3 is 0 Å². The van der Waals surface area contributed by atoms with Gasteiger partial charge in [0.25, 0.3) is 0 Å². The summed E-state index contributed by atoms with van der Waals surface area (Å²) in [5.41, 5.74) is 2.37. The summed E-state index contributed by atoms with van der Waals surface area (Å²) in [7, 11) is 1.32. The Morgan fingerprint density at radius 1 is 1.15 bits per heavy atom. The molecule has 0 amide bonds. The maximum Gasteiger partial charge on any atom is 0.202 e. The van der Waals surface area contributed by atoms with E-state index in [0.717, 1.165) is 0 Å². The Labute approximate surface area is 222 Å². The minimum absolute atomic E-state index is 0.0173. The van der Waals surface area contributed by atoms with Gasteiger partial charge in [0.15, 0.2) is 17.9 Å². The van der Waals surface area contributed by atoms with Crippen LogP contribution in [-0.2, 0) is 20.7 Å². The summed E-state index contributed by atoms with van der Waals surface area (Å²) < 4.78 is 17.0. The van der Waals surface area contributed by atoms with E-state index in [1.54, 1.807) is 6.92 Å². The molecule has 1 aliphatic heterocycles. The van der Waals surface area contributed by atoms with Crippen molar-refractivity contribution >= 4 is 17.3 Å². The van der Waals surface area contributed by atoms with E-state index < -0.39 is 95.7 Å². The number of rotatable bonds is 5. The molecule has 6 atom stereocenters. The second kappa shape index (κ2) is 9.66. The van der Waals surface area contributed by atoms with Gasteiger partial charge in [0.05, 0.1) is 42.1 Å². The topological polar surface area (TPSA) is 206 Å². The number of methoxy groups -OCH3 is 1. The van der Waals surface area contributed by atoms with Crippen LogP contribution >= 0.6 is 0 Å². The number of nitrogens with two attached hydrogens (primary N) is 1. The molecule has 12 nitrogen and oxygen atoms in total. The van der Waals surface area contributed by atoms with Crippen molar-refractivity contribution in [3.63, 3.8) is 0 Å². The van der Waals surface area contributed by atoms with Gasteiger partial charge in [-0.15, -0.1) is 0 Å². The molecule has 2 aliphatic carbocycles. The van der Waals surface area contributed by atoms with Crippen LogP contribution in [0.3, 0.4) is 0 Å². The number of ketones is 3. The van der Waals surface area contributed by atoms with Gasteiger partial charge in [0.1, 0.15) is 29.5 Å². The van der Waals surface area contributed by atoms with Crippen LogP contribution in [0.1, 0.15) is 68.8 Å². The van der Waals surface area contributed by atoms with Crippen LogP contribution in [0.15, 0.2) is 18.2 Å². The first kappa shape index (κ1) is 27.2. The van der Waals surface area contributed by atoms with Crippen LogP contribution < -0.4 is 10.5 Å². The molecule has 0 aromatic heterocycles. The predicted molar refractivity (Wildman–Crippen MR) is 132 cm³/mol. The zero-order valence-electron chi connectivity index (χ0n) is 21.2. The number of benzene rings is 2. The Kier molecular flexibility index (Phi) is 6.74. The number of aromatic hydroxyl groups is 2. The number of hydrogen-bond donors (Lipinski definition) is 6. The Morgan fingerprint density at radius 3 is 2.49 bits per heavy atom. The first-order chi connectivity index (χ1) is 18.4. The van der Waals surface area contributed by atoms with E-state index in [9.17, 15) is 39.9 Å². The fourth-order valence-corrected chi connectivity index (χ4v) is 5.75. The average Bonchev–Trinajstić information content (AvgIpc) is 2.90. The van der Waals surface area contributed by atoms with Gasteiger partial charge in [0, 0.05) is 42.0 Å². The SMILES string of the molecule is COc1cccc2c1C(=O)c1c(O)c3c(c(O)c1C2=O)C[C@@](O)(C(=O)CO)C[C@H]3O[C@@H]1C[C@@H](N)[C@H](O)[C@@H](C)O1. The van der Waals surface area contributed by atoms with Gasteiger partial charge < -0.3 is 45.5 Å². The highest BCUT2D eigenvalue weighted by Gasteiger charge is 2.50. The van der Waals surface area contributed by atoms with Gasteiger partial charge in [-0.3, -0.25) is 14.4 Å². The highest BCUT2D eigenvalue weighted by atomic mass is 16.7. The zero-order valence-corrected chi connectivity index (χ0v) is 21.2. The molecule has 0 radical (unpaired) electrons. The normalized spacial score (nSPS) is 29.8. The summed E-state index contributed by atoms with van der Waals surface area (Å²) in [4.78, 5) is 39.7. The van der Waals surface area contributed by atoms with Crippen molar-refractivity contribution in [1.82, 2.24) is 0 Å². The van der Waals surface area contributed by atoms with Crippen molar-refractivity contribution in [2.24, 2.45) is 5.73 Å². The fourth-order valence-electron chi connectivity index (χ4n) is 5.75. The van der Waals surface area contributed by atoms with E-state index in [-0.39, 0.29) is 34.4 Å². The Morgan fingerprint density at radius 2 is 1.85 bits per heavy atom. The fraction of sp³-hybridized carbons (Fsp3) is 0.444. The number of Topliss-reactive ketones (excluding diaryl/α,β-unsaturated/α-hetero) is 1. The molecule has 1 saturated heterocycles. The molecule has 0 saturated carbocycles. The average molecular weight is 544 g/mol. The molecule has 7 N–H and O–H groups in total. The number of aliphatic hydroxyl groups is 3. The van der Waals surface area contributed by atoms with Crippen molar-refractivity contribution in [2.75, 3.05) is 13.7 Å². The second-order valence-corrected chi connectivity index (χ2v) is 10.2. The van der Waals surface area contributed by atoms with Crippen LogP contribution in [0, 0.1) is 0 Å². The zero-order chi connectivity index (χ0) is 28.4. The summed E-state index contributed by atoms with van der Waals surface area (Å²) in [6, 6.07) is 3.64. The van der Waals surface area contributed by atoms with Crippen molar-refractivity contribution < 1.29 is 54.1 Å². The van der Waals surface area contributed by atoms with E-state index in [0.29, 0.717) is 0 Å². The lowest BCUT2D eigenvalue weighted by Gasteiger charge is -2.42. The van der Waals surface area contributed by atoms with Gasteiger partial charge in [-0.1, -0.05) is 12.1 Å². The lowest BCUT2D eigenvalue weighted by atomic mass is 9.72. The van der Waals surface area contributed by atoms with Gasteiger partial charge in [-0.25, -0.2) is 0 Å². The van der Waals surface area contributed by atoms with E-state index >= 15 is 0 Å². The molecule has 1 heterocycles. The largest absolute Gasteiger partial charge is 0.507 e. The summed E-state index contributed by atoms with van der Waals surface area (Å²) >= 11 is 0. The maximum atomic E-state index is 13.6. The molecule has 0 bridgehead atoms. The monoisotopic (exact) mass is 543 g/mol. The molecule has 12 heteroatoms. The lowest BCUT2D eigenvalue weighted by Crippen LogP contribution is -2.53. The van der Waals surface area contributed by atoms with Gasteiger partial charge in [-0.05, 0) is 13.0 Å². The van der Waals surface area contributed by atoms with E-state index in [1.807, 2.05) is 0 Å². The molecule has 2 aromatic carbocycles. The third-order valence-corrected chi connectivity index (χ3v) is 7.81. The number of hydrogen-bond acceptors (Lipinski definition) is 12. The second-order valence-electron chi connectivity index (χ2n) is 10.2. The molecule has 2 aromatic rings. The molecule has 3 aliphatic rings. The van der Waals surface area contributed by atoms with Crippen LogP contribution in [0.25, 0.3) is 0 Å². The van der Waals surface area contributed by atoms with Gasteiger partial charge in [-0.2, -0.15) is 0 Å². The van der Waals surface area contributed by atoms with Crippen molar-refractivity contribution in [2.45, 2.75) is 62.4 Å². The number of phenols is 2. The van der Waals surface area contributed by atoms with Crippen molar-refractivity contribution in [1.29, 1.82) is 0 Å². The Hall–Kier alpha value is -3.39. The van der Waals surface area contributed by atoms with E-state index in [2.05, 4.69) is 0 Å². The number of phenolic OH excluding ortho intramolecular Hbond substituents is 2. The highest BCUT2D eigenvalue weighted by Crippen LogP contribution is 2.52. The molecular formula is C27H29NO11. The first-order valence-electron chi connectivity index (χ1n) is 12.4. The van der Waals surface area contributed by atoms with Crippen LogP contribution in [0.5, 0.6) is 17.2 Å². The molecule has 1 fully saturated rings. The standard InChI is InChI=1S/C27H29NO11/c1-10-22(31)13(28)6-17(38-10)39-15-8-27(36,16(30)9-29)7-12-19(15)26(35)21-20(24(12)33)23(32)11-4-3-5-14(37-2)18(11)25(21)34/h3-5,10,13,15,17,22,29,31,33,35-36H,6-9,28H2,1-2H3/t10-,13-,15-,17-,22-,27+/m1/s1. The maximum absolute atomic E-state index is 13.6. The summed E-state index contributed by atoms with van der Waals surface area (Å²) in [5.74, 6) is -3.77. The molecule has 5 rings (SSSR count). The minimum atomic E-state index is -2.24. The smallest absolute Gasteiger partial charge is 0.202 e. The third-order valence-electron chi connectivity index (χ3n) is 7.81. The van der Waals surface area contributed by atoms with Crippen LogP contribution in [0.2, 0.25) is 0 Å². The molecule has 208 valence electrons. The summed E-state index contributed by atoms with van der Waals surface area (Å²) in [6.45, 7) is 0.560. The van der Waals surface area contributed by atoms with Crippen LogP contribution in [-0.4, -0.2) is 86.7 Å². The Balaban J connectivity index is 1.69. The van der Waals surface area contributed by atoms with Gasteiger partial charge in [0.2, 0.25) is 5.78 Å². The molecule has 0 unspecified atom stereocenters. The van der Waals surface area contributed by atoms with E-state index in [1.165, 1.54) is 25.3 Å². The number of ether oxygens (including phenoxy) is 3. The molecule has 39 heavy (non-hydrogen) atoms. The third kappa shape index (κ3) is 4.11. The summed E-state index contributed by atoms with van der Waals surface area (Å²) in [5, 5.41) is 53.7. The molecular weight excluding hydrogens is 514 g/mol. The number of carbonyl (C=O) groups is 3. The van der Waals surface area contributed by atoms with E-state index in [4.69, 9.17) is 19.9 Å². The summed E-state index contributed by atoms with van der Waals surface area (Å²) in [6.07, 6.45) is -5.12. The first-order valence-corrected chi connectivity index (χ1v) is 12.4. The van der Waals surface area contributed by atoms with Crippen LogP contribution in [0.4, 0.5) is 0 Å². The van der Waals surface area contributed by atoms with Crippen molar-refractivity contribution in [3.05, 3.63) is 51.6 Å².